The van der Waals surface area contributed by atoms with E-state index in [0.29, 0.717) is 24.0 Å². The maximum Gasteiger partial charge on any atom is 0.303 e. The highest BCUT2D eigenvalue weighted by atomic mass is 16.5. The largest absolute Gasteiger partial charge is 0.502 e. The second-order valence-corrected chi connectivity index (χ2v) is 9.98. The quantitative estimate of drug-likeness (QED) is 0.151. The summed E-state index contributed by atoms with van der Waals surface area (Å²) >= 11 is 0. The van der Waals surface area contributed by atoms with Crippen LogP contribution in [0.1, 0.15) is 42.7 Å². The first-order valence-electron chi connectivity index (χ1n) is 14.0. The first-order chi connectivity index (χ1) is 20.7. The number of aromatic amines is 1. The molecule has 1 fully saturated rings. The molecule has 11 nitrogen and oxygen atoms in total. The van der Waals surface area contributed by atoms with Gasteiger partial charge in [-0.25, -0.2) is 0 Å². The van der Waals surface area contributed by atoms with Crippen LogP contribution >= 0.6 is 0 Å². The molecule has 0 bridgehead atoms. The molecule has 1 aliphatic heterocycles. The number of hydrogen-bond acceptors (Lipinski definition) is 7. The maximum atomic E-state index is 12.1. The highest BCUT2D eigenvalue weighted by molar-refractivity contribution is 5.88. The number of para-hydroxylation sites is 1. The lowest BCUT2D eigenvalue weighted by Gasteiger charge is -2.31. The number of methoxy groups -OCH3 is 2. The number of carboxylic acids is 2. The standard InChI is InChI=1S/C28H33N3O4.C4H6O4/c1-34-25-17-20(18-26(35-2)28(25)33)7-3-6-10-27(32)29-13-16-31-14-11-21(12-15-31)23-19-30-24-9-5-4-8-22(23)24;5-3(6)1-2-4(7)8/h3-10,17-19,21,30,33H,11-16H2,1-2H3,(H,29,32);1-2H2,(H,5,6)(H,7,8)/b7-3+,10-6+;. The van der Waals surface area contributed by atoms with Gasteiger partial charge < -0.3 is 40.0 Å². The maximum absolute atomic E-state index is 12.1. The van der Waals surface area contributed by atoms with Gasteiger partial charge in [0.15, 0.2) is 11.5 Å². The SMILES string of the molecule is COc1cc(/C=C/C=C/C(=O)NCCN2CCC(c3c[nH]c4ccccc34)CC2)cc(OC)c1O.O=C(O)CCC(=O)O. The highest BCUT2D eigenvalue weighted by Crippen LogP contribution is 2.37. The number of hydrogen-bond donors (Lipinski definition) is 5. The Hall–Kier alpha value is -4.77. The number of carboxylic acid groups (broad SMARTS) is 2. The number of piperidine rings is 1. The number of aromatic hydroxyl groups is 1. The predicted octanol–water partition coefficient (Wildman–Crippen LogP) is 4.39. The summed E-state index contributed by atoms with van der Waals surface area (Å²) in [5, 5.41) is 30.1. The molecular weight excluding hydrogens is 554 g/mol. The summed E-state index contributed by atoms with van der Waals surface area (Å²) < 4.78 is 10.3. The Balaban J connectivity index is 0.000000557. The first-order valence-corrected chi connectivity index (χ1v) is 14.0. The van der Waals surface area contributed by atoms with Gasteiger partial charge in [-0.05, 0) is 61.2 Å². The van der Waals surface area contributed by atoms with E-state index in [4.69, 9.17) is 19.7 Å². The second-order valence-electron chi connectivity index (χ2n) is 9.98. The molecule has 1 amide bonds. The molecule has 11 heteroatoms. The zero-order valence-electron chi connectivity index (χ0n) is 24.4. The van der Waals surface area contributed by atoms with Gasteiger partial charge >= 0.3 is 11.9 Å². The van der Waals surface area contributed by atoms with Gasteiger partial charge in [-0.3, -0.25) is 14.4 Å². The lowest BCUT2D eigenvalue weighted by atomic mass is 9.89. The highest BCUT2D eigenvalue weighted by Gasteiger charge is 2.22. The number of rotatable bonds is 12. The molecule has 0 spiro atoms. The molecule has 2 aromatic carbocycles. The molecule has 0 radical (unpaired) electrons. The number of fused-ring (bicyclic) bond motifs is 1. The summed E-state index contributed by atoms with van der Waals surface area (Å²) in [4.78, 5) is 37.2. The average Bonchev–Trinajstić information content (AvgIpc) is 3.44. The van der Waals surface area contributed by atoms with Crippen molar-refractivity contribution in [1.82, 2.24) is 15.2 Å². The molecule has 0 aliphatic carbocycles. The van der Waals surface area contributed by atoms with Gasteiger partial charge in [0.05, 0.1) is 27.1 Å². The fraction of sp³-hybridized carbons (Fsp3) is 0.344. The van der Waals surface area contributed by atoms with E-state index in [1.54, 1.807) is 24.3 Å². The van der Waals surface area contributed by atoms with Crippen molar-refractivity contribution in [2.75, 3.05) is 40.4 Å². The molecule has 4 rings (SSSR count). The number of carbonyl (C=O) groups excluding carboxylic acids is 1. The van der Waals surface area contributed by atoms with Crippen LogP contribution < -0.4 is 14.8 Å². The molecule has 1 aromatic heterocycles. The summed E-state index contributed by atoms with van der Waals surface area (Å²) in [7, 11) is 2.97. The van der Waals surface area contributed by atoms with Crippen molar-refractivity contribution in [3.63, 3.8) is 0 Å². The van der Waals surface area contributed by atoms with Crippen LogP contribution in [0.2, 0.25) is 0 Å². The van der Waals surface area contributed by atoms with Crippen LogP contribution in [0.3, 0.4) is 0 Å². The van der Waals surface area contributed by atoms with Crippen molar-refractivity contribution in [2.45, 2.75) is 31.6 Å². The fourth-order valence-electron chi connectivity index (χ4n) is 4.83. The monoisotopic (exact) mass is 593 g/mol. The van der Waals surface area contributed by atoms with E-state index in [2.05, 4.69) is 45.7 Å². The van der Waals surface area contributed by atoms with Gasteiger partial charge in [-0.2, -0.15) is 0 Å². The number of ether oxygens (including phenoxy) is 2. The third-order valence-corrected chi connectivity index (χ3v) is 7.08. The smallest absolute Gasteiger partial charge is 0.303 e. The van der Waals surface area contributed by atoms with Gasteiger partial charge in [-0.1, -0.05) is 36.4 Å². The van der Waals surface area contributed by atoms with Gasteiger partial charge in [0, 0.05) is 36.3 Å². The van der Waals surface area contributed by atoms with E-state index >= 15 is 0 Å². The number of benzene rings is 2. The van der Waals surface area contributed by atoms with Crippen molar-refractivity contribution < 1.29 is 39.2 Å². The van der Waals surface area contributed by atoms with Crippen LogP contribution in [-0.4, -0.2) is 83.4 Å². The normalized spacial score (nSPS) is 14.0. The van der Waals surface area contributed by atoms with E-state index < -0.39 is 11.9 Å². The number of aromatic nitrogens is 1. The van der Waals surface area contributed by atoms with Gasteiger partial charge in [0.25, 0.3) is 0 Å². The van der Waals surface area contributed by atoms with Crippen LogP contribution in [0.5, 0.6) is 17.2 Å². The first kappa shape index (κ1) is 32.7. The molecular formula is C32H39N3O8. The molecule has 0 saturated carbocycles. The van der Waals surface area contributed by atoms with Crippen molar-refractivity contribution in [2.24, 2.45) is 0 Å². The van der Waals surface area contributed by atoms with Gasteiger partial charge in [0.2, 0.25) is 11.7 Å². The number of nitrogens with zero attached hydrogens (tertiary/aromatic N) is 1. The summed E-state index contributed by atoms with van der Waals surface area (Å²) in [5.41, 5.74) is 3.42. The third kappa shape index (κ3) is 10.2. The van der Waals surface area contributed by atoms with Crippen molar-refractivity contribution in [3.8, 4) is 17.2 Å². The molecule has 2 heterocycles. The number of H-pyrrole nitrogens is 1. The number of phenolic OH excluding ortho intramolecular Hbond substituents is 1. The van der Waals surface area contributed by atoms with E-state index in [1.807, 2.05) is 6.08 Å². The number of amides is 1. The second kappa shape index (κ2) is 16.6. The van der Waals surface area contributed by atoms with Crippen LogP contribution in [0.4, 0.5) is 0 Å². The molecule has 1 aliphatic rings. The van der Waals surface area contributed by atoms with Crippen LogP contribution in [0.25, 0.3) is 17.0 Å². The van der Waals surface area contributed by atoms with Gasteiger partial charge in [-0.15, -0.1) is 0 Å². The fourth-order valence-corrected chi connectivity index (χ4v) is 4.83. The van der Waals surface area contributed by atoms with E-state index in [-0.39, 0.29) is 24.5 Å². The Morgan fingerprint density at radius 3 is 2.23 bits per heavy atom. The van der Waals surface area contributed by atoms with E-state index in [1.165, 1.54) is 36.8 Å². The molecule has 5 N–H and O–H groups in total. The number of likely N-dealkylation sites (tertiary alicyclic amines) is 1. The Kier molecular flexibility index (Phi) is 12.7. The van der Waals surface area contributed by atoms with E-state index in [9.17, 15) is 19.5 Å². The number of aliphatic carboxylic acids is 2. The van der Waals surface area contributed by atoms with Crippen molar-refractivity contribution in [1.29, 1.82) is 0 Å². The third-order valence-electron chi connectivity index (χ3n) is 7.08. The Bertz CT molecular complexity index is 1400. The molecule has 0 unspecified atom stereocenters. The molecule has 43 heavy (non-hydrogen) atoms. The van der Waals surface area contributed by atoms with Crippen LogP contribution in [0.15, 0.2) is 60.8 Å². The number of nitrogens with one attached hydrogen (secondary N) is 2. The minimum atomic E-state index is -1.08. The summed E-state index contributed by atoms with van der Waals surface area (Å²) in [6.07, 6.45) is 10.6. The van der Waals surface area contributed by atoms with Crippen LogP contribution in [0, 0.1) is 0 Å². The van der Waals surface area contributed by atoms with Crippen molar-refractivity contribution in [3.05, 3.63) is 72.0 Å². The lowest BCUT2D eigenvalue weighted by Crippen LogP contribution is -2.38. The molecule has 0 atom stereocenters. The number of carbonyl (C=O) groups is 3. The zero-order chi connectivity index (χ0) is 31.2. The zero-order valence-corrected chi connectivity index (χ0v) is 24.4. The summed E-state index contributed by atoms with van der Waals surface area (Å²) in [6.45, 7) is 3.55. The Morgan fingerprint density at radius 1 is 1.00 bits per heavy atom. The van der Waals surface area contributed by atoms with Gasteiger partial charge in [0.1, 0.15) is 0 Å². The summed E-state index contributed by atoms with van der Waals surface area (Å²) in [5.74, 6) is -1.07. The van der Waals surface area contributed by atoms with Crippen molar-refractivity contribution >= 4 is 34.8 Å². The number of phenols is 1. The predicted molar refractivity (Wildman–Crippen MR) is 164 cm³/mol. The Labute approximate surface area is 250 Å². The molecule has 1 saturated heterocycles. The van der Waals surface area contributed by atoms with Crippen LogP contribution in [-0.2, 0) is 14.4 Å². The average molecular weight is 594 g/mol. The topological polar surface area (TPSA) is 161 Å². The Morgan fingerprint density at radius 2 is 1.63 bits per heavy atom. The minimum absolute atomic E-state index is 0.0377. The van der Waals surface area contributed by atoms with E-state index in [0.717, 1.165) is 38.0 Å². The summed E-state index contributed by atoms with van der Waals surface area (Å²) in [6, 6.07) is 11.9. The molecule has 230 valence electrons. The minimum Gasteiger partial charge on any atom is -0.502 e. The molecule has 3 aromatic rings. The lowest BCUT2D eigenvalue weighted by molar-refractivity contribution is -0.143. The number of allylic oxidation sites excluding steroid dienone is 2.